The Kier molecular flexibility index (Phi) is 3.58. The molecule has 2 rings (SSSR count). The predicted molar refractivity (Wildman–Crippen MR) is 62.0 cm³/mol. The van der Waals surface area contributed by atoms with E-state index in [1.165, 1.54) is 0 Å². The van der Waals surface area contributed by atoms with E-state index in [9.17, 15) is 13.6 Å². The lowest BCUT2D eigenvalue weighted by molar-refractivity contribution is -0.124. The van der Waals surface area contributed by atoms with Gasteiger partial charge in [-0.3, -0.25) is 4.79 Å². The number of hydrogen-bond donors (Lipinski definition) is 2. The van der Waals surface area contributed by atoms with Crippen LogP contribution in [0, 0.1) is 11.6 Å². The molecule has 18 heavy (non-hydrogen) atoms. The molecule has 0 atom stereocenters. The zero-order valence-corrected chi connectivity index (χ0v) is 9.71. The van der Waals surface area contributed by atoms with E-state index in [-0.39, 0.29) is 5.69 Å². The highest BCUT2D eigenvalue weighted by Crippen LogP contribution is 2.22. The van der Waals surface area contributed by atoms with Crippen molar-refractivity contribution in [1.82, 2.24) is 0 Å². The molecular weight excluding hydrogens is 242 g/mol. The first-order chi connectivity index (χ1) is 8.51. The number of nitrogens with two attached hydrogens (primary N) is 1. The van der Waals surface area contributed by atoms with Gasteiger partial charge in [-0.05, 0) is 25.0 Å². The van der Waals surface area contributed by atoms with Crippen molar-refractivity contribution in [3.05, 3.63) is 29.8 Å². The molecule has 1 saturated heterocycles. The fourth-order valence-electron chi connectivity index (χ4n) is 1.80. The third-order valence-electron chi connectivity index (χ3n) is 3.01. The Morgan fingerprint density at radius 2 is 2.00 bits per heavy atom. The van der Waals surface area contributed by atoms with Crippen LogP contribution in [-0.4, -0.2) is 24.7 Å². The summed E-state index contributed by atoms with van der Waals surface area (Å²) in [6.45, 7) is 0.769. The van der Waals surface area contributed by atoms with Gasteiger partial charge in [0.2, 0.25) is 5.91 Å². The molecule has 1 aromatic rings. The first kappa shape index (κ1) is 12.9. The first-order valence-corrected chi connectivity index (χ1v) is 5.64. The maximum absolute atomic E-state index is 13.4. The van der Waals surface area contributed by atoms with E-state index in [2.05, 4.69) is 5.32 Å². The molecular formula is C12H14F2N2O2. The van der Waals surface area contributed by atoms with Crippen LogP contribution >= 0.6 is 0 Å². The number of hydrogen-bond acceptors (Lipinski definition) is 3. The number of carbonyl (C=O) groups is 1. The van der Waals surface area contributed by atoms with E-state index in [0.717, 1.165) is 18.2 Å². The standard InChI is InChI=1S/C12H14F2N2O2/c13-8-1-2-9(14)10(7-8)16-11(17)12(15)3-5-18-6-4-12/h1-2,7H,3-6,15H2,(H,16,17). The summed E-state index contributed by atoms with van der Waals surface area (Å²) < 4.78 is 31.5. The summed E-state index contributed by atoms with van der Waals surface area (Å²) in [5.74, 6) is -1.83. The van der Waals surface area contributed by atoms with Crippen molar-refractivity contribution in [1.29, 1.82) is 0 Å². The zero-order valence-electron chi connectivity index (χ0n) is 9.71. The van der Waals surface area contributed by atoms with Crippen LogP contribution in [0.1, 0.15) is 12.8 Å². The third kappa shape index (κ3) is 2.65. The van der Waals surface area contributed by atoms with Crippen LogP contribution in [-0.2, 0) is 9.53 Å². The van der Waals surface area contributed by atoms with Gasteiger partial charge in [0.1, 0.15) is 17.2 Å². The van der Waals surface area contributed by atoms with Gasteiger partial charge in [0.15, 0.2) is 0 Å². The molecule has 0 spiro atoms. The molecule has 0 aromatic heterocycles. The normalized spacial score (nSPS) is 18.4. The molecule has 1 amide bonds. The number of carbonyl (C=O) groups excluding carboxylic acids is 1. The summed E-state index contributed by atoms with van der Waals surface area (Å²) in [6, 6.07) is 2.87. The summed E-state index contributed by atoms with van der Waals surface area (Å²) in [4.78, 5) is 12.0. The average molecular weight is 256 g/mol. The molecule has 0 bridgehead atoms. The number of ether oxygens (including phenoxy) is 1. The van der Waals surface area contributed by atoms with Gasteiger partial charge in [0.05, 0.1) is 5.69 Å². The van der Waals surface area contributed by atoms with Gasteiger partial charge in [-0.25, -0.2) is 8.78 Å². The lowest BCUT2D eigenvalue weighted by Crippen LogP contribution is -2.54. The second kappa shape index (κ2) is 4.99. The Morgan fingerprint density at radius 3 is 2.67 bits per heavy atom. The first-order valence-electron chi connectivity index (χ1n) is 5.64. The molecule has 4 nitrogen and oxygen atoms in total. The molecule has 3 N–H and O–H groups in total. The van der Waals surface area contributed by atoms with Crippen LogP contribution in [0.5, 0.6) is 0 Å². The predicted octanol–water partition coefficient (Wildman–Crippen LogP) is 1.41. The lowest BCUT2D eigenvalue weighted by atomic mass is 9.90. The number of benzene rings is 1. The van der Waals surface area contributed by atoms with Crippen LogP contribution in [0.25, 0.3) is 0 Å². The van der Waals surface area contributed by atoms with Gasteiger partial charge in [-0.15, -0.1) is 0 Å². The number of nitrogens with one attached hydrogen (secondary N) is 1. The molecule has 1 aromatic carbocycles. The number of amides is 1. The van der Waals surface area contributed by atoms with E-state index in [1.54, 1.807) is 0 Å². The lowest BCUT2D eigenvalue weighted by Gasteiger charge is -2.31. The van der Waals surface area contributed by atoms with Gasteiger partial charge in [-0.1, -0.05) is 0 Å². The topological polar surface area (TPSA) is 64.4 Å². The molecule has 1 aliphatic heterocycles. The van der Waals surface area contributed by atoms with Crippen molar-refractivity contribution >= 4 is 11.6 Å². The highest BCUT2D eigenvalue weighted by Gasteiger charge is 2.36. The number of anilines is 1. The van der Waals surface area contributed by atoms with Crippen molar-refractivity contribution in [3.63, 3.8) is 0 Å². The highest BCUT2D eigenvalue weighted by atomic mass is 19.1. The average Bonchev–Trinajstić information content (AvgIpc) is 2.35. The summed E-state index contributed by atoms with van der Waals surface area (Å²) in [5, 5.41) is 2.33. The maximum Gasteiger partial charge on any atom is 0.244 e. The largest absolute Gasteiger partial charge is 0.381 e. The van der Waals surface area contributed by atoms with Gasteiger partial charge in [0, 0.05) is 19.3 Å². The van der Waals surface area contributed by atoms with Crippen molar-refractivity contribution < 1.29 is 18.3 Å². The van der Waals surface area contributed by atoms with Gasteiger partial charge in [-0.2, -0.15) is 0 Å². The summed E-state index contributed by atoms with van der Waals surface area (Å²) in [7, 11) is 0. The van der Waals surface area contributed by atoms with E-state index >= 15 is 0 Å². The fraction of sp³-hybridized carbons (Fsp3) is 0.417. The zero-order chi connectivity index (χ0) is 13.2. The van der Waals surface area contributed by atoms with Gasteiger partial charge in [0.25, 0.3) is 0 Å². The Bertz CT molecular complexity index is 459. The highest BCUT2D eigenvalue weighted by molar-refractivity contribution is 5.98. The molecule has 0 saturated carbocycles. The molecule has 0 radical (unpaired) electrons. The van der Waals surface area contributed by atoms with Crippen molar-refractivity contribution in [2.45, 2.75) is 18.4 Å². The van der Waals surface area contributed by atoms with Crippen LogP contribution < -0.4 is 11.1 Å². The van der Waals surface area contributed by atoms with Crippen LogP contribution in [0.15, 0.2) is 18.2 Å². The van der Waals surface area contributed by atoms with Crippen molar-refractivity contribution in [2.24, 2.45) is 5.73 Å². The second-order valence-electron chi connectivity index (χ2n) is 4.35. The molecule has 1 aliphatic rings. The number of rotatable bonds is 2. The minimum atomic E-state index is -1.09. The van der Waals surface area contributed by atoms with Gasteiger partial charge < -0.3 is 15.8 Å². The van der Waals surface area contributed by atoms with E-state index < -0.39 is 23.1 Å². The third-order valence-corrected chi connectivity index (χ3v) is 3.01. The molecule has 1 fully saturated rings. The Balaban J connectivity index is 2.13. The maximum atomic E-state index is 13.4. The molecule has 1 heterocycles. The van der Waals surface area contributed by atoms with Crippen molar-refractivity contribution in [3.8, 4) is 0 Å². The SMILES string of the molecule is NC1(C(=O)Nc2cc(F)ccc2F)CCOCC1. The molecule has 0 unspecified atom stereocenters. The minimum absolute atomic E-state index is 0.198. The van der Waals surface area contributed by atoms with E-state index in [0.29, 0.717) is 26.1 Å². The van der Waals surface area contributed by atoms with Crippen LogP contribution in [0.3, 0.4) is 0 Å². The monoisotopic (exact) mass is 256 g/mol. The van der Waals surface area contributed by atoms with Crippen LogP contribution in [0.2, 0.25) is 0 Å². The Hall–Kier alpha value is -1.53. The fourth-order valence-corrected chi connectivity index (χ4v) is 1.80. The van der Waals surface area contributed by atoms with Gasteiger partial charge >= 0.3 is 0 Å². The minimum Gasteiger partial charge on any atom is -0.381 e. The van der Waals surface area contributed by atoms with Crippen LogP contribution in [0.4, 0.5) is 14.5 Å². The smallest absolute Gasteiger partial charge is 0.244 e. The van der Waals surface area contributed by atoms with E-state index in [4.69, 9.17) is 10.5 Å². The quantitative estimate of drug-likeness (QED) is 0.841. The summed E-state index contributed by atoms with van der Waals surface area (Å²) >= 11 is 0. The van der Waals surface area contributed by atoms with Crippen molar-refractivity contribution in [2.75, 3.05) is 18.5 Å². The van der Waals surface area contributed by atoms with E-state index in [1.807, 2.05) is 0 Å². The molecule has 0 aliphatic carbocycles. The second-order valence-corrected chi connectivity index (χ2v) is 4.35. The Morgan fingerprint density at radius 1 is 1.33 bits per heavy atom. The summed E-state index contributed by atoms with van der Waals surface area (Å²) in [6.07, 6.45) is 0.714. The Labute approximate surface area is 103 Å². The molecule has 6 heteroatoms. The number of halogens is 2. The molecule has 98 valence electrons. The summed E-state index contributed by atoms with van der Waals surface area (Å²) in [5.41, 5.74) is 4.65.